The molecule has 1 aromatic carbocycles. The average molecular weight is 222 g/mol. The molecule has 0 spiro atoms. The van der Waals surface area contributed by atoms with E-state index in [1.54, 1.807) is 0 Å². The van der Waals surface area contributed by atoms with Crippen LogP contribution in [0, 0.1) is 18.8 Å². The molecular formula is C17H18. The van der Waals surface area contributed by atoms with Crippen molar-refractivity contribution in [2.45, 2.75) is 33.1 Å². The zero-order valence-corrected chi connectivity index (χ0v) is 10.6. The summed E-state index contributed by atoms with van der Waals surface area (Å²) in [7, 11) is 0. The summed E-state index contributed by atoms with van der Waals surface area (Å²) in [5, 5.41) is 0. The van der Waals surface area contributed by atoms with E-state index in [4.69, 9.17) is 0 Å². The van der Waals surface area contributed by atoms with Crippen molar-refractivity contribution >= 4 is 0 Å². The molecule has 0 N–H and O–H groups in total. The molecule has 0 unspecified atom stereocenters. The molecule has 0 atom stereocenters. The molecule has 86 valence electrons. The molecule has 1 aliphatic carbocycles. The summed E-state index contributed by atoms with van der Waals surface area (Å²) in [6.07, 6.45) is 7.85. The fourth-order valence-electron chi connectivity index (χ4n) is 2.06. The Labute approximate surface area is 104 Å². The summed E-state index contributed by atoms with van der Waals surface area (Å²) in [6, 6.07) is 8.29. The van der Waals surface area contributed by atoms with Crippen molar-refractivity contribution in [3.63, 3.8) is 0 Å². The average Bonchev–Trinajstić information content (AvgIpc) is 2.38. The van der Waals surface area contributed by atoms with Crippen molar-refractivity contribution in [3.05, 3.63) is 58.7 Å². The maximum Gasteiger partial charge on any atom is 0.0278 e. The maximum atomic E-state index is 3.32. The summed E-state index contributed by atoms with van der Waals surface area (Å²) in [5.41, 5.74) is 5.10. The fraction of sp³-hybridized carbons (Fsp3) is 0.294. The monoisotopic (exact) mass is 222 g/mol. The number of hydrogen-bond acceptors (Lipinski definition) is 0. The van der Waals surface area contributed by atoms with Gasteiger partial charge in [0.15, 0.2) is 0 Å². The summed E-state index contributed by atoms with van der Waals surface area (Å²) in [6.45, 7) is 4.32. The van der Waals surface area contributed by atoms with Gasteiger partial charge in [-0.25, -0.2) is 0 Å². The van der Waals surface area contributed by atoms with Gasteiger partial charge in [0, 0.05) is 11.1 Å². The minimum Gasteiger partial charge on any atom is -0.0830 e. The summed E-state index contributed by atoms with van der Waals surface area (Å²) < 4.78 is 0. The number of benzene rings is 1. The zero-order valence-electron chi connectivity index (χ0n) is 10.6. The smallest absolute Gasteiger partial charge is 0.0278 e. The molecule has 0 heterocycles. The van der Waals surface area contributed by atoms with Gasteiger partial charge in [-0.05, 0) is 37.8 Å². The molecule has 17 heavy (non-hydrogen) atoms. The molecule has 0 heteroatoms. The van der Waals surface area contributed by atoms with Gasteiger partial charge < -0.3 is 0 Å². The van der Waals surface area contributed by atoms with Gasteiger partial charge in [-0.3, -0.25) is 0 Å². The number of aryl methyl sites for hydroxylation is 1. The molecule has 0 aliphatic heterocycles. The van der Waals surface area contributed by atoms with E-state index >= 15 is 0 Å². The first-order chi connectivity index (χ1) is 8.31. The van der Waals surface area contributed by atoms with Crippen LogP contribution in [0.25, 0.3) is 0 Å². The third-order valence-corrected chi connectivity index (χ3v) is 3.18. The molecular weight excluding hydrogens is 204 g/mol. The summed E-state index contributed by atoms with van der Waals surface area (Å²) in [4.78, 5) is 0. The Morgan fingerprint density at radius 2 is 2.00 bits per heavy atom. The van der Waals surface area contributed by atoms with Crippen LogP contribution in [0.4, 0.5) is 0 Å². The maximum absolute atomic E-state index is 3.32. The van der Waals surface area contributed by atoms with E-state index < -0.39 is 0 Å². The van der Waals surface area contributed by atoms with Crippen LogP contribution in [0.3, 0.4) is 0 Å². The Balaban J connectivity index is 2.30. The zero-order chi connectivity index (χ0) is 12.1. The van der Waals surface area contributed by atoms with Crippen LogP contribution in [0.2, 0.25) is 0 Å². The molecule has 0 radical (unpaired) electrons. The van der Waals surface area contributed by atoms with E-state index in [0.29, 0.717) is 0 Å². The van der Waals surface area contributed by atoms with Crippen molar-refractivity contribution in [1.29, 1.82) is 0 Å². The minimum atomic E-state index is 1.11. The highest BCUT2D eigenvalue weighted by atomic mass is 14.1. The highest BCUT2D eigenvalue weighted by Crippen LogP contribution is 2.21. The minimum absolute atomic E-state index is 1.11. The van der Waals surface area contributed by atoms with Crippen molar-refractivity contribution in [2.75, 3.05) is 0 Å². The standard InChI is InChI=1S/C17H18/c1-3-15-9-6-7-11-17(15)13-12-16-10-5-4-8-14(16)2/h4-5,7-8,10-11H,3,6,9H2,1-2H3. The molecule has 2 rings (SSSR count). The van der Waals surface area contributed by atoms with Crippen LogP contribution in [0.5, 0.6) is 0 Å². The molecule has 0 bridgehead atoms. The highest BCUT2D eigenvalue weighted by molar-refractivity contribution is 5.50. The molecule has 0 amide bonds. The Morgan fingerprint density at radius 1 is 1.18 bits per heavy atom. The Kier molecular flexibility index (Phi) is 3.83. The van der Waals surface area contributed by atoms with E-state index in [1.807, 2.05) is 6.07 Å². The third kappa shape index (κ3) is 2.88. The second-order valence-electron chi connectivity index (χ2n) is 4.38. The van der Waals surface area contributed by atoms with Crippen LogP contribution >= 0.6 is 0 Å². The lowest BCUT2D eigenvalue weighted by Crippen LogP contribution is -1.92. The molecule has 1 aromatic rings. The quantitative estimate of drug-likeness (QED) is 0.618. The highest BCUT2D eigenvalue weighted by Gasteiger charge is 2.03. The van der Waals surface area contributed by atoms with Gasteiger partial charge in [-0.1, -0.05) is 54.7 Å². The summed E-state index contributed by atoms with van der Waals surface area (Å²) >= 11 is 0. The first kappa shape index (κ1) is 11.7. The fourth-order valence-corrected chi connectivity index (χ4v) is 2.06. The Hall–Kier alpha value is -1.74. The van der Waals surface area contributed by atoms with Gasteiger partial charge in [0.25, 0.3) is 0 Å². The SMILES string of the molecule is CCC1=C(C#Cc2ccccc2C)C=CCC1. The van der Waals surface area contributed by atoms with Crippen LogP contribution in [0.15, 0.2) is 47.6 Å². The van der Waals surface area contributed by atoms with Gasteiger partial charge >= 0.3 is 0 Å². The molecule has 1 aliphatic rings. The number of rotatable bonds is 1. The first-order valence-electron chi connectivity index (χ1n) is 6.27. The molecule has 0 fully saturated rings. The van der Waals surface area contributed by atoms with E-state index in [-0.39, 0.29) is 0 Å². The van der Waals surface area contributed by atoms with Crippen molar-refractivity contribution in [3.8, 4) is 11.8 Å². The van der Waals surface area contributed by atoms with E-state index in [2.05, 4.69) is 56.0 Å². The van der Waals surface area contributed by atoms with Gasteiger partial charge in [0.2, 0.25) is 0 Å². The lowest BCUT2D eigenvalue weighted by Gasteiger charge is -2.09. The second kappa shape index (κ2) is 5.55. The lowest BCUT2D eigenvalue weighted by atomic mass is 9.95. The Morgan fingerprint density at radius 3 is 2.76 bits per heavy atom. The summed E-state index contributed by atoms with van der Waals surface area (Å²) in [5.74, 6) is 6.61. The van der Waals surface area contributed by atoms with Crippen LogP contribution in [0.1, 0.15) is 37.3 Å². The van der Waals surface area contributed by atoms with Gasteiger partial charge in [-0.15, -0.1) is 0 Å². The topological polar surface area (TPSA) is 0 Å². The van der Waals surface area contributed by atoms with Crippen LogP contribution in [-0.2, 0) is 0 Å². The normalized spacial score (nSPS) is 14.5. The molecule has 0 nitrogen and oxygen atoms in total. The van der Waals surface area contributed by atoms with Crippen LogP contribution < -0.4 is 0 Å². The van der Waals surface area contributed by atoms with Crippen molar-refractivity contribution < 1.29 is 0 Å². The van der Waals surface area contributed by atoms with E-state index in [1.165, 1.54) is 29.6 Å². The van der Waals surface area contributed by atoms with E-state index in [0.717, 1.165) is 12.0 Å². The van der Waals surface area contributed by atoms with Gasteiger partial charge in [0.1, 0.15) is 0 Å². The first-order valence-corrected chi connectivity index (χ1v) is 6.27. The molecule has 0 aromatic heterocycles. The predicted molar refractivity (Wildman–Crippen MR) is 73.7 cm³/mol. The van der Waals surface area contributed by atoms with Crippen molar-refractivity contribution in [1.82, 2.24) is 0 Å². The second-order valence-corrected chi connectivity index (χ2v) is 4.38. The number of hydrogen-bond donors (Lipinski definition) is 0. The number of allylic oxidation sites excluding steroid dienone is 4. The van der Waals surface area contributed by atoms with Gasteiger partial charge in [-0.2, -0.15) is 0 Å². The molecule has 0 saturated carbocycles. The van der Waals surface area contributed by atoms with E-state index in [9.17, 15) is 0 Å². The van der Waals surface area contributed by atoms with Crippen molar-refractivity contribution in [2.24, 2.45) is 0 Å². The predicted octanol–water partition coefficient (Wildman–Crippen LogP) is 4.40. The Bertz CT molecular complexity index is 518. The largest absolute Gasteiger partial charge is 0.0830 e. The third-order valence-electron chi connectivity index (χ3n) is 3.18. The van der Waals surface area contributed by atoms with Gasteiger partial charge in [0.05, 0.1) is 0 Å². The lowest BCUT2D eigenvalue weighted by molar-refractivity contribution is 0.885. The molecule has 0 saturated heterocycles. The van der Waals surface area contributed by atoms with Crippen LogP contribution in [-0.4, -0.2) is 0 Å².